The molecule has 2 N–H and O–H groups in total. The van der Waals surface area contributed by atoms with Gasteiger partial charge in [-0.2, -0.15) is 0 Å². The molecule has 2 aromatic carbocycles. The van der Waals surface area contributed by atoms with Crippen LogP contribution in [0, 0.1) is 11.8 Å². The Labute approximate surface area is 184 Å². The van der Waals surface area contributed by atoms with E-state index in [9.17, 15) is 4.79 Å². The summed E-state index contributed by atoms with van der Waals surface area (Å²) in [5.41, 5.74) is 2.35. The van der Waals surface area contributed by atoms with Crippen LogP contribution in [-0.4, -0.2) is 23.5 Å². The van der Waals surface area contributed by atoms with E-state index in [-0.39, 0.29) is 11.9 Å². The zero-order chi connectivity index (χ0) is 21.8. The summed E-state index contributed by atoms with van der Waals surface area (Å²) in [7, 11) is 0. The number of para-hydroxylation sites is 1. The predicted molar refractivity (Wildman–Crippen MR) is 126 cm³/mol. The van der Waals surface area contributed by atoms with Crippen LogP contribution in [0.4, 0.5) is 11.5 Å². The van der Waals surface area contributed by atoms with E-state index in [1.54, 1.807) is 0 Å². The Hall–Kier alpha value is -3.08. The summed E-state index contributed by atoms with van der Waals surface area (Å²) in [6, 6.07) is 17.6. The van der Waals surface area contributed by atoms with E-state index in [1.807, 2.05) is 61.5 Å². The fourth-order valence-electron chi connectivity index (χ4n) is 4.41. The number of rotatable bonds is 6. The molecule has 1 saturated carbocycles. The van der Waals surface area contributed by atoms with E-state index < -0.39 is 0 Å². The van der Waals surface area contributed by atoms with Gasteiger partial charge in [0.05, 0.1) is 17.7 Å². The number of benzene rings is 2. The summed E-state index contributed by atoms with van der Waals surface area (Å²) in [5.74, 6) is 2.56. The van der Waals surface area contributed by atoms with Gasteiger partial charge in [-0.15, -0.1) is 0 Å². The zero-order valence-electron chi connectivity index (χ0n) is 18.5. The van der Waals surface area contributed by atoms with Crippen molar-refractivity contribution in [3.8, 4) is 5.75 Å². The van der Waals surface area contributed by atoms with Gasteiger partial charge in [-0.1, -0.05) is 44.9 Å². The highest BCUT2D eigenvalue weighted by Gasteiger charge is 2.28. The molecule has 0 radical (unpaired) electrons. The number of hydrogen-bond acceptors (Lipinski definition) is 4. The largest absolute Gasteiger partial charge is 0.494 e. The number of aromatic nitrogens is 1. The number of ether oxygens (including phenoxy) is 1. The van der Waals surface area contributed by atoms with Crippen molar-refractivity contribution < 1.29 is 9.53 Å². The molecule has 1 aliphatic rings. The van der Waals surface area contributed by atoms with Crippen LogP contribution in [0.5, 0.6) is 5.75 Å². The van der Waals surface area contributed by atoms with E-state index in [1.165, 1.54) is 6.42 Å². The fraction of sp³-hybridized carbons (Fsp3) is 0.385. The molecule has 31 heavy (non-hydrogen) atoms. The van der Waals surface area contributed by atoms with Gasteiger partial charge < -0.3 is 15.4 Å². The van der Waals surface area contributed by atoms with Crippen LogP contribution in [0.1, 0.15) is 50.4 Å². The van der Waals surface area contributed by atoms with Crippen molar-refractivity contribution in [1.29, 1.82) is 0 Å². The number of amides is 1. The van der Waals surface area contributed by atoms with Gasteiger partial charge in [-0.3, -0.25) is 4.79 Å². The average molecular weight is 418 g/mol. The van der Waals surface area contributed by atoms with Crippen LogP contribution in [0.25, 0.3) is 10.9 Å². The number of fused-ring (bicyclic) bond motifs is 1. The number of pyridine rings is 1. The smallest absolute Gasteiger partial charge is 0.252 e. The molecule has 1 aromatic heterocycles. The van der Waals surface area contributed by atoms with E-state index in [2.05, 4.69) is 24.5 Å². The second kappa shape index (κ2) is 9.38. The maximum atomic E-state index is 13.3. The third-order valence-corrected chi connectivity index (χ3v) is 6.42. The Bertz CT molecular complexity index is 1050. The van der Waals surface area contributed by atoms with E-state index in [0.717, 1.165) is 35.2 Å². The number of hydrogen-bond donors (Lipinski definition) is 2. The third kappa shape index (κ3) is 4.82. The first-order valence-electron chi connectivity index (χ1n) is 11.3. The number of carbonyl (C=O) groups excluding carboxylic acids is 1. The van der Waals surface area contributed by atoms with Gasteiger partial charge in [0, 0.05) is 17.1 Å². The summed E-state index contributed by atoms with van der Waals surface area (Å²) < 4.78 is 5.51. The summed E-state index contributed by atoms with van der Waals surface area (Å²) in [6.07, 6.45) is 3.44. The van der Waals surface area contributed by atoms with Crippen LogP contribution < -0.4 is 15.4 Å². The molecule has 1 aliphatic carbocycles. The van der Waals surface area contributed by atoms with Gasteiger partial charge in [-0.25, -0.2) is 4.98 Å². The third-order valence-electron chi connectivity index (χ3n) is 6.42. The van der Waals surface area contributed by atoms with Crippen LogP contribution >= 0.6 is 0 Å². The van der Waals surface area contributed by atoms with Crippen molar-refractivity contribution in [3.05, 3.63) is 60.2 Å². The van der Waals surface area contributed by atoms with Gasteiger partial charge in [-0.05, 0) is 61.6 Å². The minimum Gasteiger partial charge on any atom is -0.494 e. The standard InChI is InChI=1S/C26H31N3O2/c1-4-31-20-14-12-19(13-15-20)27-25-16-22(21-9-5-6-10-24(21)28-25)26(30)29-23-11-7-8-17(2)18(23)3/h5-6,9-10,12-18,23H,4,7-8,11H2,1-3H3,(H,27,28)(H,29,30)/t17-,18-,23-/m1/s1. The first-order chi connectivity index (χ1) is 15.0. The summed E-state index contributed by atoms with van der Waals surface area (Å²) >= 11 is 0. The Kier molecular flexibility index (Phi) is 6.40. The lowest BCUT2D eigenvalue weighted by atomic mass is 9.78. The molecule has 4 rings (SSSR count). The van der Waals surface area contributed by atoms with Crippen LogP contribution in [-0.2, 0) is 0 Å². The zero-order valence-corrected chi connectivity index (χ0v) is 18.5. The van der Waals surface area contributed by atoms with Crippen molar-refractivity contribution in [1.82, 2.24) is 10.3 Å². The highest BCUT2D eigenvalue weighted by atomic mass is 16.5. The lowest BCUT2D eigenvalue weighted by Crippen LogP contribution is -2.43. The maximum absolute atomic E-state index is 13.3. The second-order valence-corrected chi connectivity index (χ2v) is 8.50. The number of carbonyl (C=O) groups is 1. The minimum absolute atomic E-state index is 0.0284. The lowest BCUT2D eigenvalue weighted by Gasteiger charge is -2.34. The van der Waals surface area contributed by atoms with Crippen molar-refractivity contribution >= 4 is 28.3 Å². The molecule has 0 aliphatic heterocycles. The minimum atomic E-state index is -0.0284. The van der Waals surface area contributed by atoms with Crippen LogP contribution in [0.15, 0.2) is 54.6 Å². The summed E-state index contributed by atoms with van der Waals surface area (Å²) in [4.78, 5) is 18.0. The van der Waals surface area contributed by atoms with E-state index in [4.69, 9.17) is 9.72 Å². The molecule has 0 bridgehead atoms. The molecule has 0 unspecified atom stereocenters. The fourth-order valence-corrected chi connectivity index (χ4v) is 4.41. The van der Waals surface area contributed by atoms with Crippen molar-refractivity contribution in [2.45, 2.75) is 46.1 Å². The second-order valence-electron chi connectivity index (χ2n) is 8.50. The van der Waals surface area contributed by atoms with Crippen LogP contribution in [0.3, 0.4) is 0 Å². The van der Waals surface area contributed by atoms with E-state index in [0.29, 0.717) is 29.8 Å². The number of nitrogens with zero attached hydrogens (tertiary/aromatic N) is 1. The van der Waals surface area contributed by atoms with Crippen molar-refractivity contribution in [3.63, 3.8) is 0 Å². The molecule has 3 aromatic rings. The summed E-state index contributed by atoms with van der Waals surface area (Å²) in [6.45, 7) is 7.13. The van der Waals surface area contributed by atoms with Gasteiger partial charge >= 0.3 is 0 Å². The Balaban J connectivity index is 1.61. The SMILES string of the molecule is CCOc1ccc(Nc2cc(C(=O)N[C@@H]3CCC[C@@H](C)[C@H]3C)c3ccccc3n2)cc1. The highest BCUT2D eigenvalue weighted by Crippen LogP contribution is 2.30. The first-order valence-corrected chi connectivity index (χ1v) is 11.3. The molecule has 162 valence electrons. The van der Waals surface area contributed by atoms with Gasteiger partial charge in [0.1, 0.15) is 11.6 Å². The van der Waals surface area contributed by atoms with Gasteiger partial charge in [0.25, 0.3) is 5.91 Å². The van der Waals surface area contributed by atoms with E-state index >= 15 is 0 Å². The topological polar surface area (TPSA) is 63.2 Å². The quantitative estimate of drug-likeness (QED) is 0.522. The molecular weight excluding hydrogens is 386 g/mol. The van der Waals surface area contributed by atoms with Crippen LogP contribution in [0.2, 0.25) is 0 Å². The van der Waals surface area contributed by atoms with Crippen molar-refractivity contribution in [2.24, 2.45) is 11.8 Å². The molecular formula is C26H31N3O2. The molecule has 0 saturated heterocycles. The van der Waals surface area contributed by atoms with Gasteiger partial charge in [0.2, 0.25) is 0 Å². The van der Waals surface area contributed by atoms with Crippen molar-refractivity contribution in [2.75, 3.05) is 11.9 Å². The highest BCUT2D eigenvalue weighted by molar-refractivity contribution is 6.07. The maximum Gasteiger partial charge on any atom is 0.252 e. The molecule has 3 atom stereocenters. The predicted octanol–water partition coefficient (Wildman–Crippen LogP) is 5.93. The first kappa shape index (κ1) is 21.2. The number of anilines is 2. The monoisotopic (exact) mass is 417 g/mol. The van der Waals surface area contributed by atoms with Gasteiger partial charge in [0.15, 0.2) is 0 Å². The molecule has 1 amide bonds. The Morgan fingerprint density at radius 1 is 1.10 bits per heavy atom. The molecule has 1 heterocycles. The normalized spacial score (nSPS) is 20.9. The molecule has 5 heteroatoms. The molecule has 0 spiro atoms. The molecule has 5 nitrogen and oxygen atoms in total. The average Bonchev–Trinajstić information content (AvgIpc) is 2.78. The lowest BCUT2D eigenvalue weighted by molar-refractivity contribution is 0.0892. The Morgan fingerprint density at radius 2 is 1.87 bits per heavy atom. The number of nitrogens with one attached hydrogen (secondary N) is 2. The summed E-state index contributed by atoms with van der Waals surface area (Å²) in [5, 5.41) is 7.51. The molecule has 1 fully saturated rings. The Morgan fingerprint density at radius 3 is 2.65 bits per heavy atom.